The number of likely N-dealkylation sites (tertiary alicyclic amines) is 1. The fraction of sp³-hybridized carbons (Fsp3) is 1.00. The van der Waals surface area contributed by atoms with Gasteiger partial charge >= 0.3 is 0 Å². The number of rotatable bonds is 1. The van der Waals surface area contributed by atoms with Gasteiger partial charge in [-0.2, -0.15) is 0 Å². The lowest BCUT2D eigenvalue weighted by Crippen LogP contribution is -2.54. The maximum atomic E-state index is 13.3. The van der Waals surface area contributed by atoms with E-state index >= 15 is 0 Å². The van der Waals surface area contributed by atoms with Gasteiger partial charge in [0, 0.05) is 6.54 Å². The van der Waals surface area contributed by atoms with Gasteiger partial charge in [-0.25, -0.2) is 4.39 Å². The minimum absolute atomic E-state index is 0.252. The molecule has 0 spiro atoms. The molecule has 0 aromatic rings. The van der Waals surface area contributed by atoms with E-state index in [2.05, 4.69) is 4.90 Å². The highest BCUT2D eigenvalue weighted by Crippen LogP contribution is 2.23. The van der Waals surface area contributed by atoms with Gasteiger partial charge < -0.3 is 4.74 Å². The third kappa shape index (κ3) is 1.48. The molecular formula is C9H16FNO. The number of ether oxygens (including phenoxy) is 1. The standard InChI is InChI=1S/C9H16FNO/c1-7-2-3-11(4-9(7)10)8-5-12-6-8/h7-9H,2-6H2,1H3/t7-,9-/m0/s1. The van der Waals surface area contributed by atoms with Crippen molar-refractivity contribution in [2.24, 2.45) is 5.92 Å². The first-order valence-electron chi connectivity index (χ1n) is 4.73. The lowest BCUT2D eigenvalue weighted by Gasteiger charge is -2.42. The van der Waals surface area contributed by atoms with Crippen molar-refractivity contribution in [3.8, 4) is 0 Å². The zero-order chi connectivity index (χ0) is 8.55. The van der Waals surface area contributed by atoms with Crippen molar-refractivity contribution in [3.05, 3.63) is 0 Å². The third-order valence-corrected chi connectivity index (χ3v) is 3.03. The second-order valence-corrected chi connectivity index (χ2v) is 3.97. The van der Waals surface area contributed by atoms with Gasteiger partial charge in [0.1, 0.15) is 6.17 Å². The van der Waals surface area contributed by atoms with E-state index in [0.717, 1.165) is 26.2 Å². The molecule has 0 amide bonds. The summed E-state index contributed by atoms with van der Waals surface area (Å²) in [6.45, 7) is 5.28. The van der Waals surface area contributed by atoms with Crippen LogP contribution in [0.25, 0.3) is 0 Å². The van der Waals surface area contributed by atoms with Gasteiger partial charge in [-0.15, -0.1) is 0 Å². The lowest BCUT2D eigenvalue weighted by molar-refractivity contribution is -0.0841. The second-order valence-electron chi connectivity index (χ2n) is 3.97. The number of hydrogen-bond donors (Lipinski definition) is 0. The molecule has 0 aromatic carbocycles. The minimum atomic E-state index is -0.626. The molecule has 2 aliphatic rings. The van der Waals surface area contributed by atoms with Crippen molar-refractivity contribution in [2.75, 3.05) is 26.3 Å². The van der Waals surface area contributed by atoms with Crippen LogP contribution >= 0.6 is 0 Å². The number of alkyl halides is 1. The van der Waals surface area contributed by atoms with Gasteiger partial charge in [0.2, 0.25) is 0 Å². The van der Waals surface area contributed by atoms with Crippen LogP contribution in [0.3, 0.4) is 0 Å². The summed E-state index contributed by atoms with van der Waals surface area (Å²) >= 11 is 0. The summed E-state index contributed by atoms with van der Waals surface area (Å²) in [5, 5.41) is 0. The fourth-order valence-corrected chi connectivity index (χ4v) is 1.81. The highest BCUT2D eigenvalue weighted by atomic mass is 19.1. The summed E-state index contributed by atoms with van der Waals surface area (Å²) in [5.74, 6) is 0.252. The van der Waals surface area contributed by atoms with Gasteiger partial charge in [-0.3, -0.25) is 4.90 Å². The molecular weight excluding hydrogens is 157 g/mol. The van der Waals surface area contributed by atoms with E-state index in [1.165, 1.54) is 0 Å². The Hall–Kier alpha value is -0.150. The smallest absolute Gasteiger partial charge is 0.115 e. The van der Waals surface area contributed by atoms with Crippen LogP contribution in [-0.2, 0) is 4.74 Å². The molecule has 0 bridgehead atoms. The summed E-state index contributed by atoms with van der Waals surface area (Å²) in [6.07, 6.45) is 0.372. The van der Waals surface area contributed by atoms with Crippen molar-refractivity contribution >= 4 is 0 Å². The van der Waals surface area contributed by atoms with Crippen molar-refractivity contribution in [1.29, 1.82) is 0 Å². The average molecular weight is 173 g/mol. The van der Waals surface area contributed by atoms with Crippen LogP contribution in [0.15, 0.2) is 0 Å². The summed E-state index contributed by atoms with van der Waals surface area (Å²) in [7, 11) is 0. The molecule has 2 atom stereocenters. The van der Waals surface area contributed by atoms with Gasteiger partial charge in [-0.1, -0.05) is 6.92 Å². The van der Waals surface area contributed by atoms with E-state index in [9.17, 15) is 4.39 Å². The average Bonchev–Trinajstić information content (AvgIpc) is 1.93. The number of halogens is 1. The van der Waals surface area contributed by atoms with E-state index in [1.54, 1.807) is 0 Å². The van der Waals surface area contributed by atoms with Crippen molar-refractivity contribution in [3.63, 3.8) is 0 Å². The SMILES string of the molecule is C[C@H]1CCN(C2COC2)C[C@@H]1F. The molecule has 2 aliphatic heterocycles. The first kappa shape index (κ1) is 8.45. The van der Waals surface area contributed by atoms with E-state index in [1.807, 2.05) is 6.92 Å². The van der Waals surface area contributed by atoms with Gasteiger partial charge in [0.15, 0.2) is 0 Å². The van der Waals surface area contributed by atoms with E-state index < -0.39 is 6.17 Å². The molecule has 2 saturated heterocycles. The summed E-state index contributed by atoms with van der Waals surface area (Å²) < 4.78 is 18.4. The zero-order valence-corrected chi connectivity index (χ0v) is 7.50. The molecule has 2 fully saturated rings. The van der Waals surface area contributed by atoms with Crippen LogP contribution in [0.2, 0.25) is 0 Å². The maximum Gasteiger partial charge on any atom is 0.115 e. The zero-order valence-electron chi connectivity index (χ0n) is 7.50. The molecule has 0 saturated carbocycles. The predicted octanol–water partition coefficient (Wildman–Crippen LogP) is 1.07. The van der Waals surface area contributed by atoms with Gasteiger partial charge in [0.05, 0.1) is 19.3 Å². The van der Waals surface area contributed by atoms with Crippen LogP contribution in [0.5, 0.6) is 0 Å². The molecule has 0 aromatic heterocycles. The topological polar surface area (TPSA) is 12.5 Å². The Bertz CT molecular complexity index is 161. The van der Waals surface area contributed by atoms with E-state index in [0.29, 0.717) is 12.6 Å². The molecule has 2 nitrogen and oxygen atoms in total. The molecule has 0 aliphatic carbocycles. The van der Waals surface area contributed by atoms with Crippen LogP contribution in [0.1, 0.15) is 13.3 Å². The van der Waals surface area contributed by atoms with Crippen LogP contribution in [-0.4, -0.2) is 43.4 Å². The molecule has 2 heterocycles. The van der Waals surface area contributed by atoms with E-state index in [4.69, 9.17) is 4.74 Å². The summed E-state index contributed by atoms with van der Waals surface area (Å²) in [6, 6.07) is 0.510. The van der Waals surface area contributed by atoms with Crippen molar-refractivity contribution in [2.45, 2.75) is 25.6 Å². The Balaban J connectivity index is 1.84. The largest absolute Gasteiger partial charge is 0.378 e. The normalized spacial score (nSPS) is 39.5. The Labute approximate surface area is 72.7 Å². The van der Waals surface area contributed by atoms with Crippen LogP contribution in [0, 0.1) is 5.92 Å². The molecule has 0 unspecified atom stereocenters. The van der Waals surface area contributed by atoms with Crippen molar-refractivity contribution in [1.82, 2.24) is 4.90 Å². The molecule has 3 heteroatoms. The van der Waals surface area contributed by atoms with Gasteiger partial charge in [-0.05, 0) is 18.9 Å². The van der Waals surface area contributed by atoms with Crippen LogP contribution < -0.4 is 0 Å². The highest BCUT2D eigenvalue weighted by Gasteiger charge is 2.33. The quantitative estimate of drug-likeness (QED) is 0.588. The van der Waals surface area contributed by atoms with E-state index in [-0.39, 0.29) is 5.92 Å². The molecule has 12 heavy (non-hydrogen) atoms. The third-order valence-electron chi connectivity index (χ3n) is 3.03. The Morgan fingerprint density at radius 3 is 2.67 bits per heavy atom. The second kappa shape index (κ2) is 3.30. The first-order chi connectivity index (χ1) is 5.77. The Morgan fingerprint density at radius 1 is 1.42 bits per heavy atom. The fourth-order valence-electron chi connectivity index (χ4n) is 1.81. The Kier molecular flexibility index (Phi) is 2.33. The lowest BCUT2D eigenvalue weighted by atomic mass is 9.96. The molecule has 0 N–H and O–H groups in total. The highest BCUT2D eigenvalue weighted by molar-refractivity contribution is 4.85. The van der Waals surface area contributed by atoms with Gasteiger partial charge in [0.25, 0.3) is 0 Å². The molecule has 70 valence electrons. The number of hydrogen-bond acceptors (Lipinski definition) is 2. The summed E-state index contributed by atoms with van der Waals surface area (Å²) in [4.78, 5) is 2.23. The first-order valence-corrected chi connectivity index (χ1v) is 4.73. The minimum Gasteiger partial charge on any atom is -0.378 e. The number of nitrogens with zero attached hydrogens (tertiary/aromatic N) is 1. The number of piperidine rings is 1. The molecule has 0 radical (unpaired) electrons. The van der Waals surface area contributed by atoms with Crippen LogP contribution in [0.4, 0.5) is 4.39 Å². The maximum absolute atomic E-state index is 13.3. The monoisotopic (exact) mass is 173 g/mol. The summed E-state index contributed by atoms with van der Waals surface area (Å²) in [5.41, 5.74) is 0. The molecule has 2 rings (SSSR count). The predicted molar refractivity (Wildman–Crippen MR) is 44.9 cm³/mol. The Morgan fingerprint density at radius 2 is 2.17 bits per heavy atom. The van der Waals surface area contributed by atoms with Crippen molar-refractivity contribution < 1.29 is 9.13 Å².